The molecule has 28 heavy (non-hydrogen) atoms. The van der Waals surface area contributed by atoms with Gasteiger partial charge in [0.25, 0.3) is 11.5 Å². The molecule has 3 aromatic rings. The van der Waals surface area contributed by atoms with Crippen LogP contribution in [0.25, 0.3) is 10.8 Å². The number of benzene rings is 2. The van der Waals surface area contributed by atoms with Gasteiger partial charge in [-0.2, -0.15) is 5.10 Å². The largest absolute Gasteiger partial charge is 0.451 e. The van der Waals surface area contributed by atoms with Gasteiger partial charge in [-0.25, -0.2) is 18.3 Å². The summed E-state index contributed by atoms with van der Waals surface area (Å²) in [5, 5.41) is 6.69. The highest BCUT2D eigenvalue weighted by Crippen LogP contribution is 2.16. The summed E-state index contributed by atoms with van der Waals surface area (Å²) >= 11 is 0. The monoisotopic (exact) mass is 387 g/mol. The molecule has 0 aliphatic heterocycles. The Balaban J connectivity index is 1.78. The summed E-state index contributed by atoms with van der Waals surface area (Å²) < 4.78 is 32.8. The van der Waals surface area contributed by atoms with Crippen molar-refractivity contribution in [3.05, 3.63) is 70.1 Å². The first-order valence-electron chi connectivity index (χ1n) is 8.32. The second kappa shape index (κ2) is 7.95. The molecule has 144 valence electrons. The molecule has 2 aromatic carbocycles. The molecule has 0 atom stereocenters. The molecule has 0 fully saturated rings. The zero-order valence-electron chi connectivity index (χ0n) is 14.7. The fraction of sp³-hybridized carbons (Fsp3) is 0.158. The molecule has 0 unspecified atom stereocenters. The third kappa shape index (κ3) is 3.88. The molecule has 0 saturated heterocycles. The van der Waals surface area contributed by atoms with Crippen molar-refractivity contribution in [1.29, 1.82) is 0 Å². The van der Waals surface area contributed by atoms with E-state index in [-0.39, 0.29) is 28.9 Å². The summed E-state index contributed by atoms with van der Waals surface area (Å²) in [5.74, 6) is -3.34. The average molecular weight is 387 g/mol. The van der Waals surface area contributed by atoms with E-state index in [1.54, 1.807) is 31.2 Å². The van der Waals surface area contributed by atoms with Crippen LogP contribution in [0.3, 0.4) is 0 Å². The molecule has 0 spiro atoms. The summed E-state index contributed by atoms with van der Waals surface area (Å²) in [6.45, 7) is 1.19. The number of carbonyl (C=O) groups excluding carboxylic acids is 2. The number of esters is 1. The van der Waals surface area contributed by atoms with E-state index in [0.717, 1.165) is 22.9 Å². The Kier molecular flexibility index (Phi) is 5.44. The number of rotatable bonds is 5. The third-order valence-corrected chi connectivity index (χ3v) is 3.90. The van der Waals surface area contributed by atoms with Crippen LogP contribution in [-0.2, 0) is 16.1 Å². The topological polar surface area (TPSA) is 90.3 Å². The fourth-order valence-corrected chi connectivity index (χ4v) is 2.58. The molecule has 0 bridgehead atoms. The molecule has 7 nitrogen and oxygen atoms in total. The molecule has 0 radical (unpaired) electrons. The highest BCUT2D eigenvalue weighted by Gasteiger charge is 2.19. The number of aromatic nitrogens is 2. The number of hydrogen-bond donors (Lipinski definition) is 1. The lowest BCUT2D eigenvalue weighted by molar-refractivity contribution is -0.119. The summed E-state index contributed by atoms with van der Waals surface area (Å²) in [7, 11) is 0. The highest BCUT2D eigenvalue weighted by atomic mass is 19.1. The predicted molar refractivity (Wildman–Crippen MR) is 96.9 cm³/mol. The molecule has 1 N–H and O–H groups in total. The van der Waals surface area contributed by atoms with Gasteiger partial charge in [0.1, 0.15) is 11.6 Å². The van der Waals surface area contributed by atoms with Crippen molar-refractivity contribution < 1.29 is 23.1 Å². The van der Waals surface area contributed by atoms with Crippen molar-refractivity contribution >= 4 is 28.3 Å². The number of halogens is 2. The van der Waals surface area contributed by atoms with Crippen LogP contribution in [0.5, 0.6) is 0 Å². The van der Waals surface area contributed by atoms with E-state index >= 15 is 0 Å². The van der Waals surface area contributed by atoms with Gasteiger partial charge in [-0.1, -0.05) is 18.2 Å². The summed E-state index contributed by atoms with van der Waals surface area (Å²) in [5.41, 5.74) is -0.847. The van der Waals surface area contributed by atoms with Crippen LogP contribution in [0.1, 0.15) is 17.4 Å². The number of anilines is 1. The van der Waals surface area contributed by atoms with Gasteiger partial charge in [0.05, 0.1) is 11.1 Å². The van der Waals surface area contributed by atoms with Crippen LogP contribution in [0.15, 0.2) is 47.3 Å². The highest BCUT2D eigenvalue weighted by molar-refractivity contribution is 6.03. The van der Waals surface area contributed by atoms with E-state index in [0.29, 0.717) is 5.39 Å². The molecule has 0 saturated carbocycles. The zero-order chi connectivity index (χ0) is 20.3. The Hall–Kier alpha value is -3.62. The van der Waals surface area contributed by atoms with Crippen LogP contribution in [0.4, 0.5) is 14.5 Å². The van der Waals surface area contributed by atoms with E-state index < -0.39 is 30.1 Å². The van der Waals surface area contributed by atoms with Crippen LogP contribution in [0.2, 0.25) is 0 Å². The van der Waals surface area contributed by atoms with Gasteiger partial charge in [0, 0.05) is 18.0 Å². The minimum atomic E-state index is -0.923. The molecular weight excluding hydrogens is 372 g/mol. The van der Waals surface area contributed by atoms with Crippen LogP contribution in [0, 0.1) is 11.6 Å². The smallest absolute Gasteiger partial charge is 0.359 e. The first-order valence-corrected chi connectivity index (χ1v) is 8.32. The van der Waals surface area contributed by atoms with Crippen molar-refractivity contribution in [3.63, 3.8) is 0 Å². The second-order valence-corrected chi connectivity index (χ2v) is 5.76. The van der Waals surface area contributed by atoms with E-state index in [1.807, 2.05) is 0 Å². The van der Waals surface area contributed by atoms with E-state index in [1.165, 1.54) is 0 Å². The zero-order valence-corrected chi connectivity index (χ0v) is 14.7. The normalized spacial score (nSPS) is 10.7. The average Bonchev–Trinajstić information content (AvgIpc) is 2.69. The number of fused-ring (bicyclic) bond motifs is 1. The maximum atomic E-state index is 13.6. The fourth-order valence-electron chi connectivity index (χ4n) is 2.58. The molecule has 0 aliphatic rings. The van der Waals surface area contributed by atoms with E-state index in [4.69, 9.17) is 4.74 Å². The number of ether oxygens (including phenoxy) is 1. The minimum Gasteiger partial charge on any atom is -0.451 e. The van der Waals surface area contributed by atoms with Gasteiger partial charge >= 0.3 is 5.97 Å². The molecule has 3 rings (SSSR count). The molecular formula is C19H15F2N3O4. The number of amides is 1. The predicted octanol–water partition coefficient (Wildman–Crippen LogP) is 2.49. The number of aryl methyl sites for hydroxylation is 1. The van der Waals surface area contributed by atoms with Crippen molar-refractivity contribution in [2.24, 2.45) is 0 Å². The van der Waals surface area contributed by atoms with Gasteiger partial charge in [-0.05, 0) is 25.1 Å². The second-order valence-electron chi connectivity index (χ2n) is 5.76. The van der Waals surface area contributed by atoms with Gasteiger partial charge in [-0.3, -0.25) is 9.59 Å². The van der Waals surface area contributed by atoms with Crippen LogP contribution >= 0.6 is 0 Å². The van der Waals surface area contributed by atoms with Crippen LogP contribution < -0.4 is 10.9 Å². The maximum Gasteiger partial charge on any atom is 0.359 e. The van der Waals surface area contributed by atoms with Crippen molar-refractivity contribution in [1.82, 2.24) is 9.78 Å². The Morgan fingerprint density at radius 1 is 1.14 bits per heavy atom. The lowest BCUT2D eigenvalue weighted by Gasteiger charge is -2.10. The molecule has 0 aliphatic carbocycles. The van der Waals surface area contributed by atoms with E-state index in [2.05, 4.69) is 10.4 Å². The molecule has 1 amide bonds. The summed E-state index contributed by atoms with van der Waals surface area (Å²) in [4.78, 5) is 36.6. The molecule has 1 heterocycles. The quantitative estimate of drug-likeness (QED) is 0.680. The Bertz CT molecular complexity index is 1130. The third-order valence-electron chi connectivity index (χ3n) is 3.90. The SMILES string of the molecule is CCn1nc(C(=O)OCC(=O)Nc2cc(F)ccc2F)c2ccccc2c1=O. The number of hydrogen-bond acceptors (Lipinski definition) is 5. The summed E-state index contributed by atoms with van der Waals surface area (Å²) in [6.07, 6.45) is 0. The number of carbonyl (C=O) groups is 2. The lowest BCUT2D eigenvalue weighted by atomic mass is 10.1. The van der Waals surface area contributed by atoms with Crippen molar-refractivity contribution in [2.45, 2.75) is 13.5 Å². The maximum absolute atomic E-state index is 13.6. The minimum absolute atomic E-state index is 0.123. The lowest BCUT2D eigenvalue weighted by Crippen LogP contribution is -2.27. The van der Waals surface area contributed by atoms with E-state index in [9.17, 15) is 23.2 Å². The first-order chi connectivity index (χ1) is 13.4. The summed E-state index contributed by atoms with van der Waals surface area (Å²) in [6, 6.07) is 8.97. The Labute approximate surface area is 157 Å². The van der Waals surface area contributed by atoms with Crippen LogP contribution in [-0.4, -0.2) is 28.3 Å². The van der Waals surface area contributed by atoms with Crippen molar-refractivity contribution in [2.75, 3.05) is 11.9 Å². The van der Waals surface area contributed by atoms with Gasteiger partial charge in [0.15, 0.2) is 12.3 Å². The number of nitrogens with zero attached hydrogens (tertiary/aromatic N) is 2. The standard InChI is InChI=1S/C19H15F2N3O4/c1-2-24-18(26)13-6-4-3-5-12(13)17(23-24)19(27)28-10-16(25)22-15-9-11(20)7-8-14(15)21/h3-9H,2,10H2,1H3,(H,22,25). The first kappa shape index (κ1) is 19.2. The molecule has 9 heteroatoms. The van der Waals surface area contributed by atoms with Crippen molar-refractivity contribution in [3.8, 4) is 0 Å². The van der Waals surface area contributed by atoms with Gasteiger partial charge in [0.2, 0.25) is 0 Å². The van der Waals surface area contributed by atoms with Gasteiger partial charge in [-0.15, -0.1) is 0 Å². The Morgan fingerprint density at radius 2 is 1.86 bits per heavy atom. The number of nitrogens with one attached hydrogen (secondary N) is 1. The van der Waals surface area contributed by atoms with Gasteiger partial charge < -0.3 is 10.1 Å². The molecule has 1 aromatic heterocycles. The Morgan fingerprint density at radius 3 is 2.57 bits per heavy atom.